The first-order valence-electron chi connectivity index (χ1n) is 11.5. The van der Waals surface area contributed by atoms with Crippen LogP contribution in [0.5, 0.6) is 17.2 Å². The topological polar surface area (TPSA) is 83.5 Å². The zero-order chi connectivity index (χ0) is 23.2. The summed E-state index contributed by atoms with van der Waals surface area (Å²) in [5, 5.41) is 14.3. The monoisotopic (exact) mass is 455 g/mol. The van der Waals surface area contributed by atoms with Gasteiger partial charge >= 0.3 is 6.03 Å². The van der Waals surface area contributed by atoms with E-state index in [1.807, 2.05) is 42.5 Å². The molecule has 0 spiro atoms. The largest absolute Gasteiger partial charge is 0.497 e. The van der Waals surface area contributed by atoms with E-state index in [0.29, 0.717) is 43.4 Å². The number of nitrogens with zero attached hydrogens (tertiary/aromatic N) is 2. The number of aliphatic hydroxyl groups excluding tert-OH is 1. The van der Waals surface area contributed by atoms with E-state index in [1.54, 1.807) is 19.1 Å². The van der Waals surface area contributed by atoms with Gasteiger partial charge in [0.1, 0.15) is 25.1 Å². The van der Waals surface area contributed by atoms with Gasteiger partial charge in [-0.2, -0.15) is 0 Å². The number of rotatable bonds is 8. The van der Waals surface area contributed by atoms with E-state index in [0.717, 1.165) is 37.2 Å². The van der Waals surface area contributed by atoms with Crippen molar-refractivity contribution in [2.75, 3.05) is 47.0 Å². The Bertz CT molecular complexity index is 930. The standard InChI is InChI=1S/C25H33N3O5/c1-27(25(30)26-16-18-5-8-20(31-2)9-6-18)21(17-28-11-3-4-12-28)24(29)19-7-10-22-23(15-19)33-14-13-32-22/h5-10,15,21,24,29H,3-4,11-14,16-17H2,1-2H3,(H,26,30)/t21-,24-/m1/s1. The number of hydrogen-bond donors (Lipinski definition) is 2. The molecule has 4 rings (SSSR count). The fourth-order valence-corrected chi connectivity index (χ4v) is 4.33. The molecule has 2 heterocycles. The lowest BCUT2D eigenvalue weighted by molar-refractivity contribution is 0.0569. The van der Waals surface area contributed by atoms with E-state index < -0.39 is 12.1 Å². The summed E-state index contributed by atoms with van der Waals surface area (Å²) in [4.78, 5) is 17.0. The third kappa shape index (κ3) is 5.69. The number of hydrogen-bond acceptors (Lipinski definition) is 6. The predicted octanol–water partition coefficient (Wildman–Crippen LogP) is 2.81. The normalized spacial score (nSPS) is 17.3. The van der Waals surface area contributed by atoms with Gasteiger partial charge in [-0.05, 0) is 61.3 Å². The molecular formula is C25H33N3O5. The number of benzene rings is 2. The molecule has 2 amide bonds. The number of fused-ring (bicyclic) bond motifs is 1. The number of aliphatic hydroxyl groups is 1. The molecule has 2 aromatic carbocycles. The van der Waals surface area contributed by atoms with Crippen LogP contribution >= 0.6 is 0 Å². The maximum Gasteiger partial charge on any atom is 0.317 e. The molecule has 0 aliphatic carbocycles. The van der Waals surface area contributed by atoms with E-state index >= 15 is 0 Å². The molecule has 2 aromatic rings. The highest BCUT2D eigenvalue weighted by atomic mass is 16.6. The maximum absolute atomic E-state index is 13.0. The zero-order valence-corrected chi connectivity index (χ0v) is 19.3. The Hall–Kier alpha value is -2.97. The van der Waals surface area contributed by atoms with Crippen molar-refractivity contribution in [2.24, 2.45) is 0 Å². The molecule has 2 N–H and O–H groups in total. The quantitative estimate of drug-likeness (QED) is 0.637. The van der Waals surface area contributed by atoms with Crippen LogP contribution in [0.1, 0.15) is 30.1 Å². The number of carbonyl (C=O) groups is 1. The summed E-state index contributed by atoms with van der Waals surface area (Å²) in [6.07, 6.45) is 1.42. The number of ether oxygens (including phenoxy) is 3. The van der Waals surface area contributed by atoms with Crippen molar-refractivity contribution in [1.29, 1.82) is 0 Å². The summed E-state index contributed by atoms with van der Waals surface area (Å²) in [5.41, 5.74) is 1.68. The molecule has 2 aliphatic heterocycles. The van der Waals surface area contributed by atoms with Gasteiger partial charge in [0.05, 0.1) is 13.2 Å². The Morgan fingerprint density at radius 3 is 2.52 bits per heavy atom. The average Bonchev–Trinajstić information content (AvgIpc) is 3.38. The van der Waals surface area contributed by atoms with Gasteiger partial charge in [-0.1, -0.05) is 18.2 Å². The van der Waals surface area contributed by atoms with Crippen molar-refractivity contribution in [1.82, 2.24) is 15.1 Å². The summed E-state index contributed by atoms with van der Waals surface area (Å²) in [7, 11) is 3.37. The number of nitrogens with one attached hydrogen (secondary N) is 1. The first-order chi connectivity index (χ1) is 16.0. The van der Waals surface area contributed by atoms with Gasteiger partial charge in [-0.3, -0.25) is 0 Å². The average molecular weight is 456 g/mol. The molecule has 178 valence electrons. The molecule has 8 heteroatoms. The summed E-state index contributed by atoms with van der Waals surface area (Å²) in [6.45, 7) is 3.95. The third-order valence-electron chi connectivity index (χ3n) is 6.34. The fourth-order valence-electron chi connectivity index (χ4n) is 4.33. The molecule has 0 radical (unpaired) electrons. The van der Waals surface area contributed by atoms with Gasteiger partial charge in [0, 0.05) is 20.1 Å². The lowest BCUT2D eigenvalue weighted by Gasteiger charge is -2.35. The summed E-state index contributed by atoms with van der Waals surface area (Å²) in [5.74, 6) is 2.08. The number of likely N-dealkylation sites (tertiary alicyclic amines) is 1. The van der Waals surface area contributed by atoms with Crippen LogP contribution in [0.15, 0.2) is 42.5 Å². The maximum atomic E-state index is 13.0. The predicted molar refractivity (Wildman–Crippen MR) is 125 cm³/mol. The van der Waals surface area contributed by atoms with E-state index in [9.17, 15) is 9.90 Å². The van der Waals surface area contributed by atoms with Crippen LogP contribution in [0, 0.1) is 0 Å². The minimum absolute atomic E-state index is 0.230. The van der Waals surface area contributed by atoms with Crippen molar-refractivity contribution in [3.63, 3.8) is 0 Å². The first kappa shape index (κ1) is 23.2. The minimum Gasteiger partial charge on any atom is -0.497 e. The second-order valence-electron chi connectivity index (χ2n) is 8.54. The van der Waals surface area contributed by atoms with E-state index in [-0.39, 0.29) is 6.03 Å². The fraction of sp³-hybridized carbons (Fsp3) is 0.480. The van der Waals surface area contributed by atoms with Crippen LogP contribution in [0.25, 0.3) is 0 Å². The number of urea groups is 1. The van der Waals surface area contributed by atoms with Crippen LogP contribution in [-0.4, -0.2) is 74.0 Å². The van der Waals surface area contributed by atoms with E-state index in [4.69, 9.17) is 14.2 Å². The van der Waals surface area contributed by atoms with Crippen molar-refractivity contribution < 1.29 is 24.1 Å². The van der Waals surface area contributed by atoms with Gasteiger partial charge in [0.2, 0.25) is 0 Å². The van der Waals surface area contributed by atoms with Gasteiger partial charge in [-0.15, -0.1) is 0 Å². The zero-order valence-electron chi connectivity index (χ0n) is 19.3. The Kier molecular flexibility index (Phi) is 7.57. The minimum atomic E-state index is -0.863. The second-order valence-corrected chi connectivity index (χ2v) is 8.54. The highest BCUT2D eigenvalue weighted by Gasteiger charge is 2.31. The lowest BCUT2D eigenvalue weighted by atomic mass is 10.00. The SMILES string of the molecule is COc1ccc(CNC(=O)N(C)[C@H](CN2CCCC2)[C@H](O)c2ccc3c(c2)OCCO3)cc1. The molecule has 0 saturated carbocycles. The van der Waals surface area contributed by atoms with Crippen LogP contribution in [0.3, 0.4) is 0 Å². The number of methoxy groups -OCH3 is 1. The van der Waals surface area contributed by atoms with E-state index in [2.05, 4.69) is 10.2 Å². The number of likely N-dealkylation sites (N-methyl/N-ethyl adjacent to an activating group) is 1. The molecule has 0 bridgehead atoms. The van der Waals surface area contributed by atoms with Crippen LogP contribution in [0.2, 0.25) is 0 Å². The third-order valence-corrected chi connectivity index (χ3v) is 6.34. The molecule has 0 unspecified atom stereocenters. The molecular weight excluding hydrogens is 422 g/mol. The molecule has 2 atom stereocenters. The summed E-state index contributed by atoms with van der Waals surface area (Å²) >= 11 is 0. The van der Waals surface area contributed by atoms with Gasteiger partial charge in [0.15, 0.2) is 11.5 Å². The van der Waals surface area contributed by atoms with Gasteiger partial charge < -0.3 is 34.4 Å². The molecule has 1 fully saturated rings. The summed E-state index contributed by atoms with van der Waals surface area (Å²) in [6, 6.07) is 12.4. The second kappa shape index (κ2) is 10.8. The van der Waals surface area contributed by atoms with Crippen molar-refractivity contribution >= 4 is 6.03 Å². The van der Waals surface area contributed by atoms with Crippen LogP contribution in [-0.2, 0) is 6.54 Å². The number of carbonyl (C=O) groups excluding carboxylic acids is 1. The Balaban J connectivity index is 1.46. The van der Waals surface area contributed by atoms with Crippen LogP contribution in [0.4, 0.5) is 4.79 Å². The highest BCUT2D eigenvalue weighted by molar-refractivity contribution is 5.74. The number of amides is 2. The van der Waals surface area contributed by atoms with Crippen molar-refractivity contribution in [3.05, 3.63) is 53.6 Å². The molecule has 0 aromatic heterocycles. The van der Waals surface area contributed by atoms with Crippen molar-refractivity contribution in [3.8, 4) is 17.2 Å². The Morgan fingerprint density at radius 2 is 1.82 bits per heavy atom. The molecule has 1 saturated heterocycles. The highest BCUT2D eigenvalue weighted by Crippen LogP contribution is 2.34. The van der Waals surface area contributed by atoms with E-state index in [1.165, 1.54) is 0 Å². The smallest absolute Gasteiger partial charge is 0.317 e. The van der Waals surface area contributed by atoms with Crippen molar-refractivity contribution in [2.45, 2.75) is 31.5 Å². The Labute approximate surface area is 195 Å². The first-order valence-corrected chi connectivity index (χ1v) is 11.5. The van der Waals surface area contributed by atoms with Crippen LogP contribution < -0.4 is 19.5 Å². The van der Waals surface area contributed by atoms with Gasteiger partial charge in [-0.25, -0.2) is 4.79 Å². The molecule has 33 heavy (non-hydrogen) atoms. The lowest BCUT2D eigenvalue weighted by Crippen LogP contribution is -2.50. The summed E-state index contributed by atoms with van der Waals surface area (Å²) < 4.78 is 16.5. The van der Waals surface area contributed by atoms with Gasteiger partial charge in [0.25, 0.3) is 0 Å². The molecule has 2 aliphatic rings. The molecule has 8 nitrogen and oxygen atoms in total. The Morgan fingerprint density at radius 1 is 1.12 bits per heavy atom.